The van der Waals surface area contributed by atoms with E-state index < -0.39 is 0 Å². The van der Waals surface area contributed by atoms with Gasteiger partial charge in [0.05, 0.1) is 18.6 Å². The van der Waals surface area contributed by atoms with Gasteiger partial charge >= 0.3 is 5.97 Å². The molecule has 2 aromatic rings. The van der Waals surface area contributed by atoms with Crippen LogP contribution < -0.4 is 20.1 Å². The molecule has 2 aliphatic rings. The van der Waals surface area contributed by atoms with E-state index in [1.807, 2.05) is 31.2 Å². The highest BCUT2D eigenvalue weighted by Crippen LogP contribution is 2.34. The molecular weight excluding hydrogens is 444 g/mol. The molecule has 0 radical (unpaired) electrons. The molecule has 4 rings (SSSR count). The second-order valence-corrected chi connectivity index (χ2v) is 9.38. The predicted octanol–water partition coefficient (Wildman–Crippen LogP) is 3.89. The number of aryl methyl sites for hydroxylation is 1. The van der Waals surface area contributed by atoms with Crippen molar-refractivity contribution in [3.8, 4) is 11.5 Å². The molecule has 1 fully saturated rings. The van der Waals surface area contributed by atoms with E-state index in [9.17, 15) is 14.4 Å². The highest BCUT2D eigenvalue weighted by Gasteiger charge is 2.31. The Bertz CT molecular complexity index is 1040. The van der Waals surface area contributed by atoms with Gasteiger partial charge in [0.25, 0.3) is 5.91 Å². The van der Waals surface area contributed by atoms with E-state index in [0.717, 1.165) is 16.9 Å². The number of carbonyl (C=O) groups excluding carboxylic acids is 3. The Labute approximate surface area is 196 Å². The van der Waals surface area contributed by atoms with Crippen molar-refractivity contribution in [2.45, 2.75) is 45.6 Å². The Morgan fingerprint density at radius 2 is 1.79 bits per heavy atom. The van der Waals surface area contributed by atoms with Gasteiger partial charge in [-0.15, -0.1) is 11.3 Å². The van der Waals surface area contributed by atoms with Crippen LogP contribution in [0.4, 0.5) is 5.00 Å². The molecule has 2 amide bonds. The molecule has 0 atom stereocenters. The Balaban J connectivity index is 1.38. The van der Waals surface area contributed by atoms with Gasteiger partial charge in [-0.2, -0.15) is 0 Å². The van der Waals surface area contributed by atoms with E-state index in [1.54, 1.807) is 0 Å². The molecule has 1 saturated carbocycles. The molecule has 9 heteroatoms. The summed E-state index contributed by atoms with van der Waals surface area (Å²) in [6, 6.07) is 7.39. The molecule has 0 bridgehead atoms. The summed E-state index contributed by atoms with van der Waals surface area (Å²) >= 11 is 1.42. The third kappa shape index (κ3) is 5.30. The van der Waals surface area contributed by atoms with Crippen molar-refractivity contribution in [3.63, 3.8) is 0 Å². The fourth-order valence-electron chi connectivity index (χ4n) is 4.18. The third-order valence-corrected chi connectivity index (χ3v) is 7.33. The first kappa shape index (κ1) is 23.1. The first-order valence-corrected chi connectivity index (χ1v) is 12.0. The highest BCUT2D eigenvalue weighted by atomic mass is 32.1. The zero-order chi connectivity index (χ0) is 23.4. The number of hydrogen-bond donors (Lipinski definition) is 2. The van der Waals surface area contributed by atoms with Crippen molar-refractivity contribution >= 4 is 34.1 Å². The van der Waals surface area contributed by atoms with Crippen LogP contribution in [0.3, 0.4) is 0 Å². The Morgan fingerprint density at radius 3 is 2.52 bits per heavy atom. The lowest BCUT2D eigenvalue weighted by Gasteiger charge is -2.26. The lowest BCUT2D eigenvalue weighted by Crippen LogP contribution is -2.30. The highest BCUT2D eigenvalue weighted by molar-refractivity contribution is 7.16. The molecule has 176 valence electrons. The zero-order valence-corrected chi connectivity index (χ0v) is 19.6. The number of amides is 2. The minimum atomic E-state index is -0.242. The van der Waals surface area contributed by atoms with Crippen LogP contribution in [0, 0.1) is 11.8 Å². The predicted molar refractivity (Wildman–Crippen MR) is 124 cm³/mol. The molecule has 2 heterocycles. The van der Waals surface area contributed by atoms with Gasteiger partial charge in [0, 0.05) is 17.3 Å². The Morgan fingerprint density at radius 1 is 1.06 bits per heavy atom. The first-order valence-electron chi connectivity index (χ1n) is 11.2. The summed E-state index contributed by atoms with van der Waals surface area (Å²) in [6.07, 6.45) is 3.30. The molecule has 1 aromatic carbocycles. The number of anilines is 1. The van der Waals surface area contributed by atoms with Gasteiger partial charge in [-0.1, -0.05) is 13.0 Å². The molecule has 0 saturated heterocycles. The van der Waals surface area contributed by atoms with Crippen LogP contribution >= 0.6 is 11.3 Å². The number of benzene rings is 1. The average Bonchev–Trinajstić information content (AvgIpc) is 3.48. The number of nitrogens with one attached hydrogen (secondary N) is 2. The number of rotatable bonds is 7. The maximum atomic E-state index is 12.9. The molecule has 1 aliphatic heterocycles. The molecular formula is C24H28N2O6S. The molecule has 8 nitrogen and oxygen atoms in total. The van der Waals surface area contributed by atoms with Gasteiger partial charge in [-0.25, -0.2) is 0 Å². The van der Waals surface area contributed by atoms with Gasteiger partial charge in [0.15, 0.2) is 11.5 Å². The fourth-order valence-corrected chi connectivity index (χ4v) is 5.17. The summed E-state index contributed by atoms with van der Waals surface area (Å²) in [7, 11) is 1.39. The quantitative estimate of drug-likeness (QED) is 0.593. The van der Waals surface area contributed by atoms with Crippen LogP contribution in [0.25, 0.3) is 0 Å². The lowest BCUT2D eigenvalue weighted by atomic mass is 9.81. The molecule has 0 spiro atoms. The van der Waals surface area contributed by atoms with Crippen molar-refractivity contribution in [1.82, 2.24) is 5.32 Å². The van der Waals surface area contributed by atoms with Gasteiger partial charge in [-0.05, 0) is 55.9 Å². The first-order chi connectivity index (χ1) is 16.0. The maximum absolute atomic E-state index is 12.9. The van der Waals surface area contributed by atoms with Crippen LogP contribution in [0.5, 0.6) is 11.5 Å². The summed E-state index contributed by atoms with van der Waals surface area (Å²) in [5, 5.41) is 6.47. The number of carbonyl (C=O) groups is 3. The number of thiophene rings is 1. The summed E-state index contributed by atoms with van der Waals surface area (Å²) in [5.41, 5.74) is 1.36. The third-order valence-electron chi connectivity index (χ3n) is 6.14. The largest absolute Gasteiger partial charge is 0.469 e. The number of ether oxygens (including phenoxy) is 3. The van der Waals surface area contributed by atoms with Crippen LogP contribution in [0.1, 0.15) is 53.4 Å². The smallest absolute Gasteiger partial charge is 0.308 e. The van der Waals surface area contributed by atoms with Crippen LogP contribution in [-0.4, -0.2) is 31.7 Å². The zero-order valence-electron chi connectivity index (χ0n) is 18.8. The lowest BCUT2D eigenvalue weighted by molar-refractivity contribution is -0.147. The van der Waals surface area contributed by atoms with Crippen molar-refractivity contribution in [3.05, 3.63) is 40.3 Å². The second kappa shape index (κ2) is 10.2. The molecule has 1 aliphatic carbocycles. The van der Waals surface area contributed by atoms with E-state index >= 15 is 0 Å². The van der Waals surface area contributed by atoms with Gasteiger partial charge in [-0.3, -0.25) is 14.4 Å². The minimum Gasteiger partial charge on any atom is -0.469 e. The van der Waals surface area contributed by atoms with E-state index in [4.69, 9.17) is 14.2 Å². The molecule has 33 heavy (non-hydrogen) atoms. The number of fused-ring (bicyclic) bond motifs is 1. The van der Waals surface area contributed by atoms with E-state index in [0.29, 0.717) is 54.3 Å². The summed E-state index contributed by atoms with van der Waals surface area (Å²) in [5.74, 6) is 0.497. The Hall–Kier alpha value is -3.07. The minimum absolute atomic E-state index is 0.104. The number of hydrogen-bond acceptors (Lipinski definition) is 7. The monoisotopic (exact) mass is 472 g/mol. The molecule has 2 N–H and O–H groups in total. The molecule has 0 unspecified atom stereocenters. The van der Waals surface area contributed by atoms with Gasteiger partial charge in [0.1, 0.15) is 5.00 Å². The normalized spacial score (nSPS) is 19.1. The molecule has 1 aromatic heterocycles. The standard InChI is InChI=1S/C24H28N2O6S/c1-3-17-11-18(22(28)25-12-14-4-9-19-20(10-14)32-13-31-19)23(33-17)26-21(27)15-5-7-16(8-6-15)24(29)30-2/h4,9-11,15-16H,3,5-8,12-13H2,1-2H3,(H,25,28)(H,26,27). The Kier molecular flexibility index (Phi) is 7.17. The topological polar surface area (TPSA) is 103 Å². The maximum Gasteiger partial charge on any atom is 0.308 e. The summed E-state index contributed by atoms with van der Waals surface area (Å²) in [6.45, 7) is 2.55. The van der Waals surface area contributed by atoms with E-state index in [1.165, 1.54) is 18.4 Å². The van der Waals surface area contributed by atoms with Crippen LogP contribution in [0.2, 0.25) is 0 Å². The average molecular weight is 473 g/mol. The number of esters is 1. The van der Waals surface area contributed by atoms with Crippen molar-refractivity contribution < 1.29 is 28.6 Å². The van der Waals surface area contributed by atoms with Crippen molar-refractivity contribution in [1.29, 1.82) is 0 Å². The summed E-state index contributed by atoms with van der Waals surface area (Å²) < 4.78 is 15.5. The van der Waals surface area contributed by atoms with Crippen LogP contribution in [-0.2, 0) is 27.3 Å². The second-order valence-electron chi connectivity index (χ2n) is 8.24. The number of methoxy groups -OCH3 is 1. The van der Waals surface area contributed by atoms with E-state index in [-0.39, 0.29) is 36.4 Å². The van der Waals surface area contributed by atoms with Gasteiger partial charge in [0.2, 0.25) is 12.7 Å². The SMILES string of the molecule is CCc1cc(C(=O)NCc2ccc3c(c2)OCO3)c(NC(=O)C2CCC(C(=O)OC)CC2)s1. The summed E-state index contributed by atoms with van der Waals surface area (Å²) in [4.78, 5) is 38.6. The van der Waals surface area contributed by atoms with Crippen LogP contribution in [0.15, 0.2) is 24.3 Å². The fraction of sp³-hybridized carbons (Fsp3) is 0.458. The van der Waals surface area contributed by atoms with Crippen molar-refractivity contribution in [2.75, 3.05) is 19.2 Å². The van der Waals surface area contributed by atoms with Crippen molar-refractivity contribution in [2.24, 2.45) is 11.8 Å². The van der Waals surface area contributed by atoms with E-state index in [2.05, 4.69) is 10.6 Å². The van der Waals surface area contributed by atoms with Gasteiger partial charge < -0.3 is 24.8 Å².